The monoisotopic (exact) mass is 612 g/mol. The molecule has 0 aromatic heterocycles. The van der Waals surface area contributed by atoms with Crippen LogP contribution in [0.2, 0.25) is 0 Å². The number of hydrogen-bond donors (Lipinski definition) is 0. The molecule has 6 rings (SSSR count). The molecule has 0 spiro atoms. The molecule has 1 aliphatic rings. The first kappa shape index (κ1) is 31.8. The van der Waals surface area contributed by atoms with Gasteiger partial charge in [0.25, 0.3) is 0 Å². The van der Waals surface area contributed by atoms with E-state index in [2.05, 4.69) is 129 Å². The Kier molecular flexibility index (Phi) is 13.8. The van der Waals surface area contributed by atoms with Crippen molar-refractivity contribution in [2.45, 2.75) is 33.1 Å². The fraction of sp³-hybridized carbons (Fsp3) is 0.143. The maximum atomic E-state index is 2.99. The number of fused-ring (bicyclic) bond motifs is 3. The average Bonchev–Trinajstić information content (AvgIpc) is 3.65. The zero-order chi connectivity index (χ0) is 25.2. The molecule has 0 atom stereocenters. The second-order valence-electron chi connectivity index (χ2n) is 8.80. The van der Waals surface area contributed by atoms with Crippen LogP contribution in [0.4, 0.5) is 0 Å². The van der Waals surface area contributed by atoms with E-state index in [1.165, 1.54) is 71.2 Å². The summed E-state index contributed by atoms with van der Waals surface area (Å²) in [5, 5.41) is 5.54. The first-order valence-electron chi connectivity index (χ1n) is 12.7. The van der Waals surface area contributed by atoms with E-state index in [4.69, 9.17) is 0 Å². The topological polar surface area (TPSA) is 0 Å². The van der Waals surface area contributed by atoms with Crippen LogP contribution >= 0.6 is 0 Å². The minimum absolute atomic E-state index is 0. The van der Waals surface area contributed by atoms with Gasteiger partial charge >= 0.3 is 99.2 Å². The van der Waals surface area contributed by atoms with Crippen molar-refractivity contribution in [3.63, 3.8) is 0 Å². The van der Waals surface area contributed by atoms with Crippen LogP contribution in [-0.2, 0) is 37.1 Å². The van der Waals surface area contributed by atoms with E-state index in [0.717, 1.165) is 19.3 Å². The summed E-state index contributed by atoms with van der Waals surface area (Å²) < 4.78 is 1.42. The van der Waals surface area contributed by atoms with Crippen molar-refractivity contribution in [3.8, 4) is 0 Å². The summed E-state index contributed by atoms with van der Waals surface area (Å²) >= 11 is 1.46. The van der Waals surface area contributed by atoms with Crippen LogP contribution < -0.4 is 24.8 Å². The van der Waals surface area contributed by atoms with Crippen molar-refractivity contribution in [3.05, 3.63) is 150 Å². The molecule has 0 unspecified atom stereocenters. The molecule has 0 amide bonds. The Balaban J connectivity index is 0.000000219. The van der Waals surface area contributed by atoms with Crippen molar-refractivity contribution in [1.82, 2.24) is 0 Å². The van der Waals surface area contributed by atoms with E-state index in [9.17, 15) is 0 Å². The number of halogens is 2. The van der Waals surface area contributed by atoms with Gasteiger partial charge in [0.1, 0.15) is 0 Å². The molecule has 0 N–H and O–H groups in total. The van der Waals surface area contributed by atoms with E-state index in [1.54, 1.807) is 0 Å². The summed E-state index contributed by atoms with van der Waals surface area (Å²) in [7, 11) is 0. The normalized spacial score (nSPS) is 11.1. The first-order valence-corrected chi connectivity index (χ1v) is 13.9. The number of benzene rings is 4. The first-order chi connectivity index (χ1) is 17.7. The van der Waals surface area contributed by atoms with Gasteiger partial charge in [0.2, 0.25) is 0 Å². The zero-order valence-electron chi connectivity index (χ0n) is 21.9. The van der Waals surface area contributed by atoms with Gasteiger partial charge < -0.3 is 24.8 Å². The van der Waals surface area contributed by atoms with Crippen LogP contribution in [0, 0.1) is 6.08 Å². The molecule has 3 heteroatoms. The van der Waals surface area contributed by atoms with Gasteiger partial charge in [0.15, 0.2) is 0 Å². The Bertz CT molecular complexity index is 1370. The molecule has 38 heavy (non-hydrogen) atoms. The van der Waals surface area contributed by atoms with Gasteiger partial charge in [0, 0.05) is 0 Å². The van der Waals surface area contributed by atoms with Crippen LogP contribution in [0.15, 0.2) is 121 Å². The zero-order valence-corrected chi connectivity index (χ0v) is 25.9. The SMILES string of the molecule is CCc1ccc2c(c1)[cH-]c1cc(CC)ccc12.[C-]1=CC=CC1.[Cl-].[Cl-].[Zr+2]=[C](c1ccccc1)c1ccccc1. The van der Waals surface area contributed by atoms with Gasteiger partial charge in [-0.2, -0.15) is 6.08 Å². The molecule has 0 fully saturated rings. The number of rotatable bonds is 4. The number of aryl methyl sites for hydroxylation is 2. The summed E-state index contributed by atoms with van der Waals surface area (Å²) in [5.41, 5.74) is 5.50. The van der Waals surface area contributed by atoms with Gasteiger partial charge in [0.05, 0.1) is 0 Å². The second kappa shape index (κ2) is 16.5. The average molecular weight is 615 g/mol. The maximum absolute atomic E-state index is 2.99. The molecule has 0 saturated heterocycles. The number of hydrogen-bond acceptors (Lipinski definition) is 0. The van der Waals surface area contributed by atoms with Gasteiger partial charge in [-0.3, -0.25) is 6.08 Å². The van der Waals surface area contributed by atoms with Gasteiger partial charge in [-0.15, -0.1) is 46.2 Å². The summed E-state index contributed by atoms with van der Waals surface area (Å²) in [5.74, 6) is 0. The summed E-state index contributed by atoms with van der Waals surface area (Å²) in [6.45, 7) is 4.41. The molecular weight excluding hydrogens is 583 g/mol. The molecule has 192 valence electrons. The summed E-state index contributed by atoms with van der Waals surface area (Å²) in [6.07, 6.45) is 12.2. The van der Waals surface area contributed by atoms with Crippen molar-refractivity contribution < 1.29 is 49.0 Å². The van der Waals surface area contributed by atoms with Crippen molar-refractivity contribution >= 4 is 24.8 Å². The second-order valence-corrected chi connectivity index (χ2v) is 10.0. The molecule has 0 aliphatic heterocycles. The Morgan fingerprint density at radius 3 is 1.53 bits per heavy atom. The molecule has 0 nitrogen and oxygen atoms in total. The Labute approximate surface area is 255 Å². The quantitative estimate of drug-likeness (QED) is 0.273. The van der Waals surface area contributed by atoms with Crippen LogP contribution in [0.3, 0.4) is 0 Å². The van der Waals surface area contributed by atoms with Crippen LogP contribution in [0.25, 0.3) is 21.5 Å². The summed E-state index contributed by atoms with van der Waals surface area (Å²) in [4.78, 5) is 0. The van der Waals surface area contributed by atoms with E-state index in [0.29, 0.717) is 0 Å². The fourth-order valence-electron chi connectivity index (χ4n) is 4.28. The third-order valence-corrected chi connectivity index (χ3v) is 7.78. The molecular formula is C35H32Cl2Zr-2. The van der Waals surface area contributed by atoms with Gasteiger partial charge in [-0.1, -0.05) is 49.2 Å². The molecule has 0 heterocycles. The predicted octanol–water partition coefficient (Wildman–Crippen LogP) is 2.95. The van der Waals surface area contributed by atoms with Crippen molar-refractivity contribution in [1.29, 1.82) is 0 Å². The molecule has 0 saturated carbocycles. The van der Waals surface area contributed by atoms with E-state index < -0.39 is 0 Å². The third-order valence-electron chi connectivity index (χ3n) is 6.36. The van der Waals surface area contributed by atoms with Gasteiger partial charge in [-0.25, -0.2) is 12.2 Å². The fourth-order valence-corrected chi connectivity index (χ4v) is 5.10. The standard InChI is InChI=1S/C17H17.C13H10.C5H5.2ClH.Zr/c1-3-12-5-7-16-14(9-12)11-15-10-13(4-2)6-8-17(15)16;1-3-7-12(8-4-1)11-13-9-5-2-6-10-13;1-2-4-5-3-1;;;/h5-11H,3-4H2,1-2H3;1-10H;1-3H,4H2;2*1H;/q-1;;-1;;;+2/p-2. The number of allylic oxidation sites excluding steroid dienone is 4. The van der Waals surface area contributed by atoms with Crippen LogP contribution in [-0.4, -0.2) is 3.21 Å². The molecule has 5 aromatic rings. The van der Waals surface area contributed by atoms with E-state index in [1.807, 2.05) is 12.2 Å². The van der Waals surface area contributed by atoms with Gasteiger partial charge in [-0.05, 0) is 12.8 Å². The molecule has 1 aliphatic carbocycles. The minimum atomic E-state index is 0. The van der Waals surface area contributed by atoms with Crippen molar-refractivity contribution in [2.24, 2.45) is 0 Å². The predicted molar refractivity (Wildman–Crippen MR) is 153 cm³/mol. The van der Waals surface area contributed by atoms with Crippen LogP contribution in [0.5, 0.6) is 0 Å². The van der Waals surface area contributed by atoms with E-state index >= 15 is 0 Å². The molecule has 5 aromatic carbocycles. The Hall–Kier alpha value is -2.44. The Morgan fingerprint density at radius 2 is 1.18 bits per heavy atom. The molecule has 0 radical (unpaired) electrons. The van der Waals surface area contributed by atoms with Crippen molar-refractivity contribution in [2.75, 3.05) is 0 Å². The third kappa shape index (κ3) is 8.54. The molecule has 0 bridgehead atoms. The summed E-state index contributed by atoms with van der Waals surface area (Å²) in [6, 6.07) is 37.1. The van der Waals surface area contributed by atoms with Crippen LogP contribution in [0.1, 0.15) is 42.5 Å². The van der Waals surface area contributed by atoms with E-state index in [-0.39, 0.29) is 24.8 Å². The Morgan fingerprint density at radius 1 is 0.711 bits per heavy atom.